The van der Waals surface area contributed by atoms with Crippen molar-refractivity contribution >= 4 is 21.8 Å². The number of rotatable bonds is 8. The Morgan fingerprint density at radius 3 is 2.44 bits per heavy atom. The van der Waals surface area contributed by atoms with Crippen LogP contribution in [0.1, 0.15) is 23.6 Å². The van der Waals surface area contributed by atoms with Gasteiger partial charge in [0, 0.05) is 31.2 Å². The van der Waals surface area contributed by atoms with Gasteiger partial charge in [0.25, 0.3) is 0 Å². The van der Waals surface area contributed by atoms with Crippen LogP contribution in [0.25, 0.3) is 0 Å². The molecule has 0 amide bonds. The molecule has 3 rings (SSSR count). The van der Waals surface area contributed by atoms with Crippen molar-refractivity contribution < 1.29 is 8.42 Å². The van der Waals surface area contributed by atoms with Crippen LogP contribution in [0, 0.1) is 6.92 Å². The van der Waals surface area contributed by atoms with Crippen LogP contribution in [-0.4, -0.2) is 23.7 Å². The number of aryl methyl sites for hydroxylation is 2. The number of sulfonamides is 1. The standard InChI is InChI=1S/C20H23N3O2S2/c1-16-8-10-18(11-9-16)27(24,25)22-19(17-6-4-3-5-7-17)12-15-26-20-21-13-14-23(20)2/h3-11,13-14,19,22H,12,15H2,1-2H3/t19-/m0/s1. The number of hydrogen-bond donors (Lipinski definition) is 1. The Bertz CT molecular complexity index is 968. The summed E-state index contributed by atoms with van der Waals surface area (Å²) in [6.45, 7) is 1.94. The van der Waals surface area contributed by atoms with Gasteiger partial charge in [0.1, 0.15) is 0 Å². The maximum atomic E-state index is 12.8. The van der Waals surface area contributed by atoms with E-state index in [9.17, 15) is 8.42 Å². The largest absolute Gasteiger partial charge is 0.329 e. The van der Waals surface area contributed by atoms with Gasteiger partial charge in [0.05, 0.1) is 4.90 Å². The van der Waals surface area contributed by atoms with Crippen LogP contribution < -0.4 is 4.72 Å². The summed E-state index contributed by atoms with van der Waals surface area (Å²) in [5, 5.41) is 0.920. The summed E-state index contributed by atoms with van der Waals surface area (Å²) in [6, 6.07) is 16.3. The molecular formula is C20H23N3O2S2. The zero-order valence-electron chi connectivity index (χ0n) is 15.4. The molecule has 3 aromatic rings. The Labute approximate surface area is 164 Å². The minimum absolute atomic E-state index is 0.283. The molecule has 5 nitrogen and oxygen atoms in total. The first-order valence-electron chi connectivity index (χ1n) is 8.70. The van der Waals surface area contributed by atoms with Crippen molar-refractivity contribution in [2.45, 2.75) is 29.4 Å². The molecule has 0 radical (unpaired) electrons. The van der Waals surface area contributed by atoms with Crippen LogP contribution in [0.15, 0.2) is 77.0 Å². The highest BCUT2D eigenvalue weighted by molar-refractivity contribution is 7.99. The second-order valence-electron chi connectivity index (χ2n) is 6.36. The number of nitrogens with one attached hydrogen (secondary N) is 1. The molecule has 0 aliphatic carbocycles. The van der Waals surface area contributed by atoms with Crippen molar-refractivity contribution in [3.63, 3.8) is 0 Å². The van der Waals surface area contributed by atoms with Gasteiger partial charge in [-0.1, -0.05) is 59.8 Å². The van der Waals surface area contributed by atoms with Crippen molar-refractivity contribution in [1.82, 2.24) is 14.3 Å². The molecule has 1 N–H and O–H groups in total. The van der Waals surface area contributed by atoms with Crippen molar-refractivity contribution in [3.8, 4) is 0 Å². The third-order valence-corrected chi connectivity index (χ3v) is 6.82. The molecule has 1 atom stereocenters. The lowest BCUT2D eigenvalue weighted by atomic mass is 10.1. The van der Waals surface area contributed by atoms with Crippen molar-refractivity contribution in [2.24, 2.45) is 7.05 Å². The maximum Gasteiger partial charge on any atom is 0.241 e. The van der Waals surface area contributed by atoms with E-state index >= 15 is 0 Å². The molecular weight excluding hydrogens is 378 g/mol. The molecule has 0 aliphatic heterocycles. The van der Waals surface area contributed by atoms with E-state index in [0.29, 0.717) is 6.42 Å². The Balaban J connectivity index is 1.75. The van der Waals surface area contributed by atoms with E-state index in [2.05, 4.69) is 9.71 Å². The van der Waals surface area contributed by atoms with Crippen LogP contribution in [0.3, 0.4) is 0 Å². The third-order valence-electron chi connectivity index (χ3n) is 4.25. The summed E-state index contributed by atoms with van der Waals surface area (Å²) >= 11 is 1.62. The van der Waals surface area contributed by atoms with Gasteiger partial charge in [0.2, 0.25) is 10.0 Å². The average Bonchev–Trinajstić information content (AvgIpc) is 3.07. The number of imidazole rings is 1. The first-order valence-corrected chi connectivity index (χ1v) is 11.2. The van der Waals surface area contributed by atoms with E-state index in [4.69, 9.17) is 0 Å². The second kappa shape index (κ2) is 8.73. The first kappa shape index (κ1) is 19.7. The Morgan fingerprint density at radius 2 is 1.81 bits per heavy atom. The normalized spacial score (nSPS) is 12.8. The zero-order chi connectivity index (χ0) is 19.3. The molecule has 1 aromatic heterocycles. The number of aromatic nitrogens is 2. The molecule has 0 aliphatic rings. The van der Waals surface area contributed by atoms with Gasteiger partial charge < -0.3 is 4.57 Å². The molecule has 27 heavy (non-hydrogen) atoms. The SMILES string of the molecule is Cc1ccc(S(=O)(=O)N[C@@H](CCSc2nccn2C)c2ccccc2)cc1. The minimum atomic E-state index is -3.60. The van der Waals surface area contributed by atoms with Gasteiger partial charge in [-0.25, -0.2) is 18.1 Å². The van der Waals surface area contributed by atoms with E-state index in [0.717, 1.165) is 22.0 Å². The molecule has 0 saturated heterocycles. The van der Waals surface area contributed by atoms with Gasteiger partial charge in [-0.3, -0.25) is 0 Å². The Hall–Kier alpha value is -2.09. The van der Waals surface area contributed by atoms with Gasteiger partial charge >= 0.3 is 0 Å². The fraction of sp³-hybridized carbons (Fsp3) is 0.250. The van der Waals surface area contributed by atoms with Crippen LogP contribution in [0.5, 0.6) is 0 Å². The number of thioether (sulfide) groups is 1. The van der Waals surface area contributed by atoms with E-state index in [1.807, 2.05) is 67.2 Å². The average molecular weight is 402 g/mol. The summed E-state index contributed by atoms with van der Waals surface area (Å²) in [4.78, 5) is 4.59. The zero-order valence-corrected chi connectivity index (χ0v) is 17.0. The third kappa shape index (κ3) is 5.22. The molecule has 142 valence electrons. The van der Waals surface area contributed by atoms with Gasteiger partial charge in [0.15, 0.2) is 5.16 Å². The monoisotopic (exact) mass is 401 g/mol. The lowest BCUT2D eigenvalue weighted by Gasteiger charge is -2.19. The molecule has 0 spiro atoms. The summed E-state index contributed by atoms with van der Waals surface area (Å²) in [5.74, 6) is 0.751. The van der Waals surface area contributed by atoms with Crippen LogP contribution in [0.4, 0.5) is 0 Å². The molecule has 2 aromatic carbocycles. The molecule has 1 heterocycles. The summed E-state index contributed by atoms with van der Waals surface area (Å²) < 4.78 is 30.5. The van der Waals surface area contributed by atoms with E-state index < -0.39 is 10.0 Å². The predicted molar refractivity (Wildman–Crippen MR) is 109 cm³/mol. The highest BCUT2D eigenvalue weighted by Gasteiger charge is 2.21. The van der Waals surface area contributed by atoms with Crippen LogP contribution in [-0.2, 0) is 17.1 Å². The summed E-state index contributed by atoms with van der Waals surface area (Å²) in [5.41, 5.74) is 1.98. The molecule has 7 heteroatoms. The van der Waals surface area contributed by atoms with Crippen LogP contribution >= 0.6 is 11.8 Å². The number of benzene rings is 2. The highest BCUT2D eigenvalue weighted by atomic mass is 32.2. The van der Waals surface area contributed by atoms with E-state index in [1.165, 1.54) is 0 Å². The Kier molecular flexibility index (Phi) is 6.36. The Morgan fingerprint density at radius 1 is 1.11 bits per heavy atom. The van der Waals surface area contributed by atoms with Crippen molar-refractivity contribution in [1.29, 1.82) is 0 Å². The van der Waals surface area contributed by atoms with Crippen molar-refractivity contribution in [2.75, 3.05) is 5.75 Å². The first-order chi connectivity index (χ1) is 13.0. The molecule has 0 fully saturated rings. The topological polar surface area (TPSA) is 64.0 Å². The van der Waals surface area contributed by atoms with Crippen molar-refractivity contribution in [3.05, 3.63) is 78.1 Å². The second-order valence-corrected chi connectivity index (χ2v) is 9.13. The van der Waals surface area contributed by atoms with Gasteiger partial charge in [-0.05, 0) is 31.0 Å². The lowest BCUT2D eigenvalue weighted by Crippen LogP contribution is -2.29. The van der Waals surface area contributed by atoms with E-state index in [1.54, 1.807) is 30.1 Å². The van der Waals surface area contributed by atoms with E-state index in [-0.39, 0.29) is 10.9 Å². The number of hydrogen-bond acceptors (Lipinski definition) is 4. The minimum Gasteiger partial charge on any atom is -0.329 e. The van der Waals surface area contributed by atoms with Crippen LogP contribution in [0.2, 0.25) is 0 Å². The summed E-state index contributed by atoms with van der Waals surface area (Å²) in [7, 11) is -1.65. The smallest absolute Gasteiger partial charge is 0.241 e. The predicted octanol–water partition coefficient (Wildman–Crippen LogP) is 3.93. The lowest BCUT2D eigenvalue weighted by molar-refractivity contribution is 0.551. The molecule has 0 bridgehead atoms. The maximum absolute atomic E-state index is 12.8. The molecule has 0 unspecified atom stereocenters. The summed E-state index contributed by atoms with van der Waals surface area (Å²) in [6.07, 6.45) is 4.32. The fourth-order valence-corrected chi connectivity index (χ4v) is 4.91. The van der Waals surface area contributed by atoms with Gasteiger partial charge in [-0.15, -0.1) is 0 Å². The number of nitrogens with zero attached hydrogens (tertiary/aromatic N) is 2. The fourth-order valence-electron chi connectivity index (χ4n) is 2.71. The molecule has 0 saturated carbocycles. The quantitative estimate of drug-likeness (QED) is 0.581. The van der Waals surface area contributed by atoms with Gasteiger partial charge in [-0.2, -0.15) is 0 Å². The highest BCUT2D eigenvalue weighted by Crippen LogP contribution is 2.24.